The number of carbonyl (C=O) groups is 3. The van der Waals surface area contributed by atoms with Crippen molar-refractivity contribution >= 4 is 17.9 Å². The molecule has 1 saturated heterocycles. The lowest BCUT2D eigenvalue weighted by Gasteiger charge is -2.22. The fourth-order valence-corrected chi connectivity index (χ4v) is 2.41. The van der Waals surface area contributed by atoms with E-state index in [2.05, 4.69) is 0 Å². The molecule has 0 aromatic heterocycles. The predicted octanol–water partition coefficient (Wildman–Crippen LogP) is 2.43. The number of esters is 3. The maximum Gasteiger partial charge on any atom is 0.378 e. The molecule has 1 fully saturated rings. The maximum atomic E-state index is 12.4. The Kier molecular flexibility index (Phi) is 6.34. The molecule has 9 nitrogen and oxygen atoms in total. The minimum atomic E-state index is -1.000. The standard InChI is InChI=1S/C20H30O9/c1-18(2,3)16(22)25-10-24-13-12(11-9-26-20(7,8)29-11)27-15(21)14(13)28-17(23)19(4,5)6/h11-12H,9-10H2,1-8H3/t11-,12+/m0/s1. The highest BCUT2D eigenvalue weighted by Crippen LogP contribution is 2.35. The number of hydrogen-bond acceptors (Lipinski definition) is 9. The average Bonchev–Trinajstić information content (AvgIpc) is 3.06. The van der Waals surface area contributed by atoms with E-state index < -0.39 is 53.5 Å². The molecule has 2 heterocycles. The molecule has 0 N–H and O–H groups in total. The number of hydrogen-bond donors (Lipinski definition) is 0. The molecule has 0 unspecified atom stereocenters. The molecule has 0 saturated carbocycles. The molecule has 9 heteroatoms. The van der Waals surface area contributed by atoms with Gasteiger partial charge in [0.05, 0.1) is 17.4 Å². The lowest BCUT2D eigenvalue weighted by molar-refractivity contribution is -0.170. The first-order valence-corrected chi connectivity index (χ1v) is 9.41. The second kappa shape index (κ2) is 7.95. The molecule has 2 atom stereocenters. The molecule has 0 radical (unpaired) electrons. The van der Waals surface area contributed by atoms with E-state index in [1.807, 2.05) is 0 Å². The van der Waals surface area contributed by atoms with Gasteiger partial charge >= 0.3 is 17.9 Å². The molecule has 2 aliphatic heterocycles. The molecule has 2 aliphatic rings. The van der Waals surface area contributed by atoms with Crippen LogP contribution in [0.3, 0.4) is 0 Å². The van der Waals surface area contributed by atoms with Crippen LogP contribution in [0.2, 0.25) is 0 Å². The number of carbonyl (C=O) groups excluding carboxylic acids is 3. The smallest absolute Gasteiger partial charge is 0.378 e. The quantitative estimate of drug-likeness (QED) is 0.381. The van der Waals surface area contributed by atoms with Gasteiger partial charge in [0.15, 0.2) is 17.7 Å². The summed E-state index contributed by atoms with van der Waals surface area (Å²) in [6, 6.07) is 0. The summed E-state index contributed by atoms with van der Waals surface area (Å²) < 4.78 is 32.5. The Hall–Kier alpha value is -2.13. The lowest BCUT2D eigenvalue weighted by Crippen LogP contribution is -2.34. The molecule has 0 aromatic carbocycles. The Morgan fingerprint density at radius 3 is 2.14 bits per heavy atom. The second-order valence-corrected chi connectivity index (χ2v) is 9.47. The molecule has 29 heavy (non-hydrogen) atoms. The van der Waals surface area contributed by atoms with Crippen LogP contribution in [0.25, 0.3) is 0 Å². The van der Waals surface area contributed by atoms with Gasteiger partial charge in [0.25, 0.3) is 5.76 Å². The summed E-state index contributed by atoms with van der Waals surface area (Å²) in [6.07, 6.45) is -1.67. The molecule has 164 valence electrons. The van der Waals surface area contributed by atoms with Crippen molar-refractivity contribution in [2.45, 2.75) is 73.4 Å². The SMILES string of the molecule is CC1(C)OC[C@@H]([C@H]2OC(=O)C(OC(=O)C(C)(C)C)=C2OCOC(=O)C(C)(C)C)O1. The zero-order valence-electron chi connectivity index (χ0n) is 18.2. The predicted molar refractivity (Wildman–Crippen MR) is 98.9 cm³/mol. The van der Waals surface area contributed by atoms with Crippen molar-refractivity contribution in [3.8, 4) is 0 Å². The van der Waals surface area contributed by atoms with Gasteiger partial charge in [0.1, 0.15) is 6.10 Å². The van der Waals surface area contributed by atoms with Crippen LogP contribution < -0.4 is 0 Å². The van der Waals surface area contributed by atoms with E-state index in [0.29, 0.717) is 0 Å². The highest BCUT2D eigenvalue weighted by atomic mass is 16.8. The summed E-state index contributed by atoms with van der Waals surface area (Å²) in [5.41, 5.74) is -1.59. The topological polar surface area (TPSA) is 107 Å². The summed E-state index contributed by atoms with van der Waals surface area (Å²) in [7, 11) is 0. The maximum absolute atomic E-state index is 12.4. The van der Waals surface area contributed by atoms with Crippen molar-refractivity contribution in [1.82, 2.24) is 0 Å². The van der Waals surface area contributed by atoms with Crippen LogP contribution in [-0.2, 0) is 42.8 Å². The third-order valence-corrected chi connectivity index (χ3v) is 4.09. The van der Waals surface area contributed by atoms with Crippen molar-refractivity contribution in [1.29, 1.82) is 0 Å². The fraction of sp³-hybridized carbons (Fsp3) is 0.750. The van der Waals surface area contributed by atoms with E-state index in [1.165, 1.54) is 0 Å². The molecule has 2 rings (SSSR count). The van der Waals surface area contributed by atoms with Crippen LogP contribution in [-0.4, -0.2) is 49.3 Å². The van der Waals surface area contributed by atoms with Crippen LogP contribution in [0.15, 0.2) is 11.5 Å². The van der Waals surface area contributed by atoms with Crippen LogP contribution in [0, 0.1) is 10.8 Å². The molecular formula is C20H30O9. The molecule has 0 aliphatic carbocycles. The minimum Gasteiger partial charge on any atom is -0.453 e. The minimum absolute atomic E-state index is 0.0689. The average molecular weight is 414 g/mol. The summed E-state index contributed by atoms with van der Waals surface area (Å²) in [6.45, 7) is 13.1. The summed E-state index contributed by atoms with van der Waals surface area (Å²) >= 11 is 0. The molecular weight excluding hydrogens is 384 g/mol. The van der Waals surface area contributed by atoms with Gasteiger partial charge in [-0.05, 0) is 55.4 Å². The van der Waals surface area contributed by atoms with Gasteiger partial charge in [0, 0.05) is 0 Å². The summed E-state index contributed by atoms with van der Waals surface area (Å²) in [4.78, 5) is 36.7. The van der Waals surface area contributed by atoms with Gasteiger partial charge in [-0.3, -0.25) is 9.59 Å². The second-order valence-electron chi connectivity index (χ2n) is 9.47. The highest BCUT2D eigenvalue weighted by Gasteiger charge is 2.49. The third kappa shape index (κ3) is 5.70. The number of cyclic esters (lactones) is 1. The van der Waals surface area contributed by atoms with Crippen molar-refractivity contribution < 1.29 is 42.8 Å². The monoisotopic (exact) mass is 414 g/mol. The van der Waals surface area contributed by atoms with Crippen LogP contribution >= 0.6 is 0 Å². The molecule has 0 spiro atoms. The van der Waals surface area contributed by atoms with Gasteiger partial charge in [-0.1, -0.05) is 0 Å². The van der Waals surface area contributed by atoms with E-state index in [-0.39, 0.29) is 18.1 Å². The summed E-state index contributed by atoms with van der Waals surface area (Å²) in [5.74, 6) is -3.31. The van der Waals surface area contributed by atoms with E-state index in [0.717, 1.165) is 0 Å². The Morgan fingerprint density at radius 2 is 1.66 bits per heavy atom. The van der Waals surface area contributed by atoms with Gasteiger partial charge < -0.3 is 28.4 Å². The van der Waals surface area contributed by atoms with Crippen molar-refractivity contribution in [2.24, 2.45) is 10.8 Å². The van der Waals surface area contributed by atoms with Crippen LogP contribution in [0.4, 0.5) is 0 Å². The first-order valence-electron chi connectivity index (χ1n) is 9.41. The lowest BCUT2D eigenvalue weighted by atomic mass is 9.97. The highest BCUT2D eigenvalue weighted by molar-refractivity contribution is 5.93. The fourth-order valence-electron chi connectivity index (χ4n) is 2.41. The first-order chi connectivity index (χ1) is 13.1. The van der Waals surface area contributed by atoms with Gasteiger partial charge in [-0.25, -0.2) is 4.79 Å². The Balaban J connectivity index is 2.24. The Labute approximate surface area is 170 Å². The molecule has 0 bridgehead atoms. The number of ether oxygens (including phenoxy) is 6. The van der Waals surface area contributed by atoms with Gasteiger partial charge in [-0.15, -0.1) is 0 Å². The van der Waals surface area contributed by atoms with E-state index in [4.69, 9.17) is 28.4 Å². The Bertz CT molecular complexity index is 706. The molecule has 0 amide bonds. The van der Waals surface area contributed by atoms with Crippen molar-refractivity contribution in [2.75, 3.05) is 13.4 Å². The van der Waals surface area contributed by atoms with Crippen molar-refractivity contribution in [3.63, 3.8) is 0 Å². The largest absolute Gasteiger partial charge is 0.453 e. The zero-order chi connectivity index (χ0) is 22.2. The normalized spacial score (nSPS) is 24.3. The number of rotatable bonds is 5. The van der Waals surface area contributed by atoms with E-state index in [9.17, 15) is 14.4 Å². The zero-order valence-corrected chi connectivity index (χ0v) is 18.2. The van der Waals surface area contributed by atoms with Crippen LogP contribution in [0.1, 0.15) is 55.4 Å². The Morgan fingerprint density at radius 1 is 1.07 bits per heavy atom. The first kappa shape index (κ1) is 23.2. The van der Waals surface area contributed by atoms with Gasteiger partial charge in [-0.2, -0.15) is 0 Å². The van der Waals surface area contributed by atoms with Gasteiger partial charge in [0.2, 0.25) is 6.79 Å². The summed E-state index contributed by atoms with van der Waals surface area (Å²) in [5, 5.41) is 0. The van der Waals surface area contributed by atoms with Crippen LogP contribution in [0.5, 0.6) is 0 Å². The third-order valence-electron chi connectivity index (χ3n) is 4.09. The van der Waals surface area contributed by atoms with Crippen molar-refractivity contribution in [3.05, 3.63) is 11.5 Å². The van der Waals surface area contributed by atoms with E-state index in [1.54, 1.807) is 55.4 Å². The van der Waals surface area contributed by atoms with E-state index >= 15 is 0 Å². The molecule has 0 aromatic rings.